The van der Waals surface area contributed by atoms with E-state index in [4.69, 9.17) is 4.74 Å². The molecule has 0 atom stereocenters. The normalized spacial score (nSPS) is 14.5. The Hall–Kier alpha value is -2.76. The highest BCUT2D eigenvalue weighted by Gasteiger charge is 2.27. The molecule has 4 N–H and O–H groups in total. The molecule has 0 fully saturated rings. The maximum absolute atomic E-state index is 12.5. The summed E-state index contributed by atoms with van der Waals surface area (Å²) in [6, 6.07) is 0. The van der Waals surface area contributed by atoms with E-state index in [0.29, 0.717) is 21.1 Å². The first kappa shape index (κ1) is 25.3. The zero-order valence-corrected chi connectivity index (χ0v) is 21.6. The second-order valence-electron chi connectivity index (χ2n) is 8.58. The van der Waals surface area contributed by atoms with Crippen LogP contribution in [-0.4, -0.2) is 50.9 Å². The molecule has 4 rings (SSSR count). The molecule has 2 heterocycles. The number of ether oxygens (including phenoxy) is 1. The van der Waals surface area contributed by atoms with E-state index in [1.165, 1.54) is 22.7 Å². The zero-order valence-electron chi connectivity index (χ0n) is 19.9. The number of fused-ring (bicyclic) bond motifs is 2. The second-order valence-corrected chi connectivity index (χ2v) is 10.8. The standard InChI is InChI=1S/C24H30N4O5S2/c1-25-21(31)19-13-7-3-5-9-15(13)34-23(19)27-17(29)11-33-12-18(30)28-24-20(22(32)26-2)14-8-4-6-10-16(14)35-24/h3-12H2,1-2H3,(H,25,31)(H,26,32)(H,27,29)(H,28,30). The fourth-order valence-corrected chi connectivity index (χ4v) is 7.21. The molecule has 2 aliphatic rings. The Kier molecular flexibility index (Phi) is 8.19. The van der Waals surface area contributed by atoms with Crippen molar-refractivity contribution in [2.24, 2.45) is 0 Å². The van der Waals surface area contributed by atoms with Crippen LogP contribution < -0.4 is 21.3 Å². The van der Waals surface area contributed by atoms with Gasteiger partial charge in [-0.1, -0.05) is 0 Å². The first-order chi connectivity index (χ1) is 16.9. The molecule has 0 aromatic carbocycles. The van der Waals surface area contributed by atoms with Gasteiger partial charge < -0.3 is 26.0 Å². The summed E-state index contributed by atoms with van der Waals surface area (Å²) in [5.74, 6) is -1.30. The van der Waals surface area contributed by atoms with Gasteiger partial charge in [-0.2, -0.15) is 0 Å². The third-order valence-electron chi connectivity index (χ3n) is 6.22. The number of rotatable bonds is 8. The monoisotopic (exact) mass is 518 g/mol. The van der Waals surface area contributed by atoms with E-state index in [-0.39, 0.29) is 25.0 Å². The van der Waals surface area contributed by atoms with Crippen LogP contribution in [0.5, 0.6) is 0 Å². The quantitative estimate of drug-likeness (QED) is 0.428. The van der Waals surface area contributed by atoms with Crippen LogP contribution in [0.4, 0.5) is 10.0 Å². The van der Waals surface area contributed by atoms with Crippen molar-refractivity contribution in [1.82, 2.24) is 10.6 Å². The van der Waals surface area contributed by atoms with Crippen LogP contribution in [0.3, 0.4) is 0 Å². The molecular formula is C24H30N4O5S2. The van der Waals surface area contributed by atoms with E-state index >= 15 is 0 Å². The fraction of sp³-hybridized carbons (Fsp3) is 0.500. The van der Waals surface area contributed by atoms with Gasteiger partial charge in [-0.15, -0.1) is 22.7 Å². The molecule has 9 nitrogen and oxygen atoms in total. The number of thiophene rings is 2. The third kappa shape index (κ3) is 5.57. The molecule has 0 bridgehead atoms. The van der Waals surface area contributed by atoms with Crippen molar-refractivity contribution in [3.8, 4) is 0 Å². The minimum Gasteiger partial charge on any atom is -0.362 e. The summed E-state index contributed by atoms with van der Waals surface area (Å²) in [6.07, 6.45) is 7.64. The maximum Gasteiger partial charge on any atom is 0.254 e. The first-order valence-electron chi connectivity index (χ1n) is 11.8. The van der Waals surface area contributed by atoms with Gasteiger partial charge in [0.1, 0.15) is 23.2 Å². The van der Waals surface area contributed by atoms with Gasteiger partial charge >= 0.3 is 0 Å². The summed E-state index contributed by atoms with van der Waals surface area (Å²) < 4.78 is 5.34. The second kappa shape index (κ2) is 11.3. The molecule has 0 radical (unpaired) electrons. The van der Waals surface area contributed by atoms with Crippen LogP contribution in [0, 0.1) is 0 Å². The van der Waals surface area contributed by atoms with Gasteiger partial charge in [-0.3, -0.25) is 19.2 Å². The lowest BCUT2D eigenvalue weighted by Crippen LogP contribution is -2.26. The molecule has 2 aromatic rings. The van der Waals surface area contributed by atoms with E-state index in [9.17, 15) is 19.2 Å². The van der Waals surface area contributed by atoms with Crippen molar-refractivity contribution in [2.45, 2.75) is 51.4 Å². The van der Waals surface area contributed by atoms with Crippen molar-refractivity contribution in [3.63, 3.8) is 0 Å². The van der Waals surface area contributed by atoms with E-state index < -0.39 is 11.8 Å². The average Bonchev–Trinajstić information content (AvgIpc) is 3.40. The van der Waals surface area contributed by atoms with Crippen LogP contribution in [0.1, 0.15) is 67.3 Å². The Morgan fingerprint density at radius 1 is 0.686 bits per heavy atom. The summed E-state index contributed by atoms with van der Waals surface area (Å²) in [6.45, 7) is -0.654. The Balaban J connectivity index is 1.34. The molecule has 2 aliphatic carbocycles. The van der Waals surface area contributed by atoms with Crippen molar-refractivity contribution < 1.29 is 23.9 Å². The van der Waals surface area contributed by atoms with E-state index in [1.807, 2.05) is 0 Å². The van der Waals surface area contributed by atoms with Gasteiger partial charge in [0.25, 0.3) is 23.6 Å². The smallest absolute Gasteiger partial charge is 0.254 e. The molecule has 4 amide bonds. The first-order valence-corrected chi connectivity index (χ1v) is 13.5. The largest absolute Gasteiger partial charge is 0.362 e. The van der Waals surface area contributed by atoms with Crippen molar-refractivity contribution in [2.75, 3.05) is 37.9 Å². The fourth-order valence-electron chi connectivity index (χ4n) is 4.60. The molecule has 0 spiro atoms. The number of hydrogen-bond acceptors (Lipinski definition) is 7. The van der Waals surface area contributed by atoms with E-state index in [0.717, 1.165) is 72.2 Å². The van der Waals surface area contributed by atoms with Crippen LogP contribution in [0.2, 0.25) is 0 Å². The van der Waals surface area contributed by atoms with Crippen molar-refractivity contribution >= 4 is 56.3 Å². The van der Waals surface area contributed by atoms with Gasteiger partial charge in [0.2, 0.25) is 0 Å². The molecule has 0 unspecified atom stereocenters. The molecule has 0 saturated heterocycles. The third-order valence-corrected chi connectivity index (χ3v) is 8.64. The summed E-state index contributed by atoms with van der Waals surface area (Å²) in [4.78, 5) is 52.1. The summed E-state index contributed by atoms with van der Waals surface area (Å²) in [5.41, 5.74) is 3.09. The lowest BCUT2D eigenvalue weighted by atomic mass is 9.95. The summed E-state index contributed by atoms with van der Waals surface area (Å²) in [5, 5.41) is 11.9. The number of carbonyl (C=O) groups is 4. The minimum atomic E-state index is -0.431. The highest BCUT2D eigenvalue weighted by atomic mass is 32.1. The van der Waals surface area contributed by atoms with E-state index in [1.54, 1.807) is 14.1 Å². The minimum absolute atomic E-state index is 0.217. The topological polar surface area (TPSA) is 126 Å². The molecule has 11 heteroatoms. The van der Waals surface area contributed by atoms with Crippen molar-refractivity contribution in [1.29, 1.82) is 0 Å². The molecule has 35 heavy (non-hydrogen) atoms. The predicted molar refractivity (Wildman–Crippen MR) is 137 cm³/mol. The highest BCUT2D eigenvalue weighted by Crippen LogP contribution is 2.39. The van der Waals surface area contributed by atoms with Crippen LogP contribution in [-0.2, 0) is 40.0 Å². The molecule has 188 valence electrons. The van der Waals surface area contributed by atoms with Gasteiger partial charge in [0.15, 0.2) is 0 Å². The number of carbonyl (C=O) groups excluding carboxylic acids is 4. The Morgan fingerprint density at radius 3 is 1.49 bits per heavy atom. The number of hydrogen-bond donors (Lipinski definition) is 4. The van der Waals surface area contributed by atoms with Gasteiger partial charge in [0.05, 0.1) is 11.1 Å². The van der Waals surface area contributed by atoms with Gasteiger partial charge in [-0.25, -0.2) is 0 Å². The molecule has 2 aromatic heterocycles. The molecular weight excluding hydrogens is 488 g/mol. The van der Waals surface area contributed by atoms with Crippen molar-refractivity contribution in [3.05, 3.63) is 32.0 Å². The number of anilines is 2. The van der Waals surface area contributed by atoms with E-state index in [2.05, 4.69) is 21.3 Å². The number of nitrogens with one attached hydrogen (secondary N) is 4. The van der Waals surface area contributed by atoms with Crippen LogP contribution in [0.25, 0.3) is 0 Å². The number of aryl methyl sites for hydroxylation is 2. The predicted octanol–water partition coefficient (Wildman–Crippen LogP) is 2.88. The SMILES string of the molecule is CNC(=O)c1c(NC(=O)COCC(=O)Nc2sc3c(c2C(=O)NC)CCCC3)sc2c1CCCC2. The summed E-state index contributed by atoms with van der Waals surface area (Å²) in [7, 11) is 3.14. The van der Waals surface area contributed by atoms with Crippen LogP contribution >= 0.6 is 22.7 Å². The average molecular weight is 519 g/mol. The van der Waals surface area contributed by atoms with Gasteiger partial charge in [-0.05, 0) is 62.5 Å². The lowest BCUT2D eigenvalue weighted by Gasteiger charge is -2.12. The zero-order chi connectivity index (χ0) is 24.9. The Bertz CT molecular complexity index is 1070. The summed E-state index contributed by atoms with van der Waals surface area (Å²) >= 11 is 2.86. The number of amides is 4. The Morgan fingerprint density at radius 2 is 1.09 bits per heavy atom. The lowest BCUT2D eigenvalue weighted by molar-refractivity contribution is -0.125. The van der Waals surface area contributed by atoms with Crippen LogP contribution in [0.15, 0.2) is 0 Å². The van der Waals surface area contributed by atoms with Gasteiger partial charge in [0, 0.05) is 23.8 Å². The highest BCUT2D eigenvalue weighted by molar-refractivity contribution is 7.17. The maximum atomic E-state index is 12.5. The Labute approximate surface area is 212 Å². The molecule has 0 aliphatic heterocycles. The molecule has 0 saturated carbocycles.